The van der Waals surface area contributed by atoms with Gasteiger partial charge in [-0.1, -0.05) is 6.92 Å². The topological polar surface area (TPSA) is 24.1 Å². The zero-order valence-corrected chi connectivity index (χ0v) is 10.2. The van der Waals surface area contributed by atoms with Crippen molar-refractivity contribution in [3.63, 3.8) is 0 Å². The van der Waals surface area contributed by atoms with Gasteiger partial charge in [0.1, 0.15) is 0 Å². The molecule has 0 aromatic heterocycles. The van der Waals surface area contributed by atoms with Gasteiger partial charge in [-0.15, -0.1) is 0 Å². The van der Waals surface area contributed by atoms with Crippen LogP contribution in [-0.4, -0.2) is 24.7 Å². The zero-order chi connectivity index (χ0) is 10.6. The van der Waals surface area contributed by atoms with E-state index in [0.717, 1.165) is 25.0 Å². The summed E-state index contributed by atoms with van der Waals surface area (Å²) in [6, 6.07) is 0.784. The van der Waals surface area contributed by atoms with Crippen LogP contribution in [0.3, 0.4) is 0 Å². The van der Waals surface area contributed by atoms with Crippen LogP contribution in [0.1, 0.15) is 47.0 Å². The first kappa shape index (κ1) is 12.0. The highest BCUT2D eigenvalue weighted by molar-refractivity contribution is 4.79. The molecule has 2 unspecified atom stereocenters. The van der Waals surface area contributed by atoms with E-state index < -0.39 is 0 Å². The van der Waals surface area contributed by atoms with Crippen LogP contribution >= 0.6 is 0 Å². The summed E-state index contributed by atoms with van der Waals surface area (Å²) in [7, 11) is 0. The van der Waals surface area contributed by atoms with Gasteiger partial charge >= 0.3 is 0 Å². The summed E-state index contributed by atoms with van der Waals surface area (Å²) in [5.41, 5.74) is 0.255. The molecule has 2 nitrogen and oxygen atoms in total. The second kappa shape index (κ2) is 5.13. The fourth-order valence-electron chi connectivity index (χ4n) is 2.11. The van der Waals surface area contributed by atoms with Crippen LogP contribution in [0.25, 0.3) is 0 Å². The molecule has 1 fully saturated rings. The number of hydrogen-bond acceptors (Lipinski definition) is 2. The Morgan fingerprint density at radius 3 is 2.36 bits per heavy atom. The zero-order valence-electron chi connectivity index (χ0n) is 10.2. The van der Waals surface area contributed by atoms with Crippen LogP contribution in [0.4, 0.5) is 0 Å². The molecule has 2 heteroatoms. The molecule has 0 aromatic rings. The largest absolute Gasteiger partial charge is 0.313 e. The third-order valence-corrected chi connectivity index (χ3v) is 2.91. The van der Waals surface area contributed by atoms with E-state index in [4.69, 9.17) is 0 Å². The van der Waals surface area contributed by atoms with Gasteiger partial charge in [0, 0.05) is 24.7 Å². The van der Waals surface area contributed by atoms with E-state index in [-0.39, 0.29) is 5.54 Å². The minimum atomic E-state index is 0.255. The van der Waals surface area contributed by atoms with Crippen molar-refractivity contribution in [2.24, 2.45) is 5.92 Å². The van der Waals surface area contributed by atoms with Crippen molar-refractivity contribution in [3.05, 3.63) is 0 Å². The third-order valence-electron chi connectivity index (χ3n) is 2.91. The van der Waals surface area contributed by atoms with E-state index in [1.165, 1.54) is 19.3 Å². The molecule has 1 aliphatic rings. The molecule has 1 rings (SSSR count). The molecule has 0 saturated heterocycles. The smallest absolute Gasteiger partial charge is 0.00970 e. The lowest BCUT2D eigenvalue weighted by molar-refractivity contribution is 0.407. The number of nitrogens with one attached hydrogen (secondary N) is 2. The van der Waals surface area contributed by atoms with E-state index in [1.54, 1.807) is 0 Å². The van der Waals surface area contributed by atoms with Gasteiger partial charge < -0.3 is 10.6 Å². The highest BCUT2D eigenvalue weighted by Crippen LogP contribution is 2.24. The van der Waals surface area contributed by atoms with Gasteiger partial charge in [0.05, 0.1) is 0 Å². The summed E-state index contributed by atoms with van der Waals surface area (Å²) >= 11 is 0. The minimum absolute atomic E-state index is 0.255. The molecule has 0 heterocycles. The monoisotopic (exact) mass is 198 g/mol. The van der Waals surface area contributed by atoms with Crippen molar-refractivity contribution in [2.75, 3.05) is 13.1 Å². The van der Waals surface area contributed by atoms with Crippen LogP contribution < -0.4 is 10.6 Å². The molecule has 0 spiro atoms. The first-order valence-corrected chi connectivity index (χ1v) is 5.96. The Morgan fingerprint density at radius 1 is 1.14 bits per heavy atom. The van der Waals surface area contributed by atoms with Crippen LogP contribution in [0.2, 0.25) is 0 Å². The standard InChI is InChI=1S/C12H26N2/c1-10-5-6-11(9-10)13-7-8-14-12(2,3)4/h10-11,13-14H,5-9H2,1-4H3. The van der Waals surface area contributed by atoms with Gasteiger partial charge in [-0.25, -0.2) is 0 Å². The molecule has 1 aliphatic carbocycles. The van der Waals surface area contributed by atoms with Crippen LogP contribution in [0, 0.1) is 5.92 Å². The molecular weight excluding hydrogens is 172 g/mol. The van der Waals surface area contributed by atoms with Gasteiger partial charge in [-0.2, -0.15) is 0 Å². The maximum Gasteiger partial charge on any atom is 0.00970 e. The first-order valence-electron chi connectivity index (χ1n) is 5.96. The van der Waals surface area contributed by atoms with Gasteiger partial charge in [0.25, 0.3) is 0 Å². The molecule has 0 bridgehead atoms. The van der Waals surface area contributed by atoms with Gasteiger partial charge in [0.2, 0.25) is 0 Å². The Hall–Kier alpha value is -0.0800. The summed E-state index contributed by atoms with van der Waals surface area (Å²) in [6.45, 7) is 11.2. The van der Waals surface area contributed by atoms with Crippen LogP contribution in [0.5, 0.6) is 0 Å². The van der Waals surface area contributed by atoms with Crippen LogP contribution in [-0.2, 0) is 0 Å². The predicted octanol–water partition coefficient (Wildman–Crippen LogP) is 2.15. The summed E-state index contributed by atoms with van der Waals surface area (Å²) in [5.74, 6) is 0.933. The van der Waals surface area contributed by atoms with Crippen molar-refractivity contribution in [2.45, 2.75) is 58.5 Å². The Bertz CT molecular complexity index is 160. The average molecular weight is 198 g/mol. The van der Waals surface area contributed by atoms with E-state index in [9.17, 15) is 0 Å². The van der Waals surface area contributed by atoms with Crippen molar-refractivity contribution >= 4 is 0 Å². The van der Waals surface area contributed by atoms with Gasteiger partial charge in [-0.3, -0.25) is 0 Å². The lowest BCUT2D eigenvalue weighted by atomic mass is 10.1. The van der Waals surface area contributed by atoms with Crippen molar-refractivity contribution in [1.82, 2.24) is 10.6 Å². The SMILES string of the molecule is CC1CCC(NCCNC(C)(C)C)C1. The molecule has 1 saturated carbocycles. The maximum absolute atomic E-state index is 3.62. The Labute approximate surface area is 88.8 Å². The summed E-state index contributed by atoms with van der Waals surface area (Å²) < 4.78 is 0. The Morgan fingerprint density at radius 2 is 1.86 bits per heavy atom. The highest BCUT2D eigenvalue weighted by atomic mass is 15.0. The van der Waals surface area contributed by atoms with Gasteiger partial charge in [0.15, 0.2) is 0 Å². The second-order valence-electron chi connectivity index (χ2n) is 5.75. The predicted molar refractivity (Wildman–Crippen MR) is 62.6 cm³/mol. The number of hydrogen-bond donors (Lipinski definition) is 2. The quantitative estimate of drug-likeness (QED) is 0.676. The van der Waals surface area contributed by atoms with E-state index >= 15 is 0 Å². The molecule has 0 radical (unpaired) electrons. The van der Waals surface area contributed by atoms with E-state index in [2.05, 4.69) is 38.3 Å². The second-order valence-corrected chi connectivity index (χ2v) is 5.75. The average Bonchev–Trinajstić information content (AvgIpc) is 2.44. The molecule has 2 N–H and O–H groups in total. The molecule has 14 heavy (non-hydrogen) atoms. The Balaban J connectivity index is 1.99. The fourth-order valence-corrected chi connectivity index (χ4v) is 2.11. The van der Waals surface area contributed by atoms with Crippen molar-refractivity contribution in [1.29, 1.82) is 0 Å². The molecular formula is C12H26N2. The van der Waals surface area contributed by atoms with E-state index in [0.29, 0.717) is 0 Å². The molecule has 2 atom stereocenters. The fraction of sp³-hybridized carbons (Fsp3) is 1.00. The van der Waals surface area contributed by atoms with Crippen LogP contribution in [0.15, 0.2) is 0 Å². The van der Waals surface area contributed by atoms with Crippen molar-refractivity contribution < 1.29 is 0 Å². The molecule has 84 valence electrons. The third kappa shape index (κ3) is 4.97. The summed E-state index contributed by atoms with van der Waals surface area (Å²) in [6.07, 6.45) is 4.15. The lowest BCUT2D eigenvalue weighted by Crippen LogP contribution is -2.41. The lowest BCUT2D eigenvalue weighted by Gasteiger charge is -2.21. The number of rotatable bonds is 4. The Kier molecular flexibility index (Phi) is 4.39. The van der Waals surface area contributed by atoms with E-state index in [1.807, 2.05) is 0 Å². The summed E-state index contributed by atoms with van der Waals surface area (Å²) in [4.78, 5) is 0. The highest BCUT2D eigenvalue weighted by Gasteiger charge is 2.20. The summed E-state index contributed by atoms with van der Waals surface area (Å²) in [5, 5.41) is 7.12. The first-order chi connectivity index (χ1) is 6.47. The molecule has 0 amide bonds. The van der Waals surface area contributed by atoms with Gasteiger partial charge in [-0.05, 0) is 46.0 Å². The molecule has 0 aromatic carbocycles. The maximum atomic E-state index is 3.62. The molecule has 0 aliphatic heterocycles. The normalized spacial score (nSPS) is 28.3. The van der Waals surface area contributed by atoms with Crippen molar-refractivity contribution in [3.8, 4) is 0 Å². The minimum Gasteiger partial charge on any atom is -0.313 e.